The highest BCUT2D eigenvalue weighted by atomic mass is 35.5. The van der Waals surface area contributed by atoms with E-state index in [2.05, 4.69) is 31.6 Å². The third-order valence-corrected chi connectivity index (χ3v) is 3.47. The maximum absolute atomic E-state index is 5.93. The molecule has 0 saturated carbocycles. The van der Waals surface area contributed by atoms with Crippen molar-refractivity contribution in [1.29, 1.82) is 0 Å². The van der Waals surface area contributed by atoms with E-state index in [9.17, 15) is 0 Å². The van der Waals surface area contributed by atoms with Crippen LogP contribution in [0.25, 0.3) is 0 Å². The van der Waals surface area contributed by atoms with Crippen molar-refractivity contribution in [2.24, 2.45) is 11.8 Å². The van der Waals surface area contributed by atoms with Crippen LogP contribution in [0.5, 0.6) is 0 Å². The van der Waals surface area contributed by atoms with Gasteiger partial charge in [-0.2, -0.15) is 17.7 Å². The van der Waals surface area contributed by atoms with Crippen molar-refractivity contribution in [3.63, 3.8) is 0 Å². The molecule has 0 bridgehead atoms. The third kappa shape index (κ3) is 2.67. The fourth-order valence-corrected chi connectivity index (χ4v) is 1.99. The minimum Gasteiger partial charge on any atom is -0.268 e. The Morgan fingerprint density at radius 2 is 2.21 bits per heavy atom. The maximum atomic E-state index is 5.93. The first-order valence-electron chi connectivity index (χ1n) is 4.85. The van der Waals surface area contributed by atoms with Crippen LogP contribution in [0.1, 0.15) is 19.5 Å². The Kier molecular flexibility index (Phi) is 4.32. The van der Waals surface area contributed by atoms with Crippen molar-refractivity contribution < 1.29 is 0 Å². The van der Waals surface area contributed by atoms with E-state index in [0.29, 0.717) is 11.8 Å². The summed E-state index contributed by atoms with van der Waals surface area (Å²) in [4.78, 5) is 0. The third-order valence-electron chi connectivity index (χ3n) is 2.63. The van der Waals surface area contributed by atoms with Crippen molar-refractivity contribution in [3.8, 4) is 0 Å². The molecule has 1 unspecified atom stereocenters. The summed E-state index contributed by atoms with van der Waals surface area (Å²) in [6.45, 7) is 7.31. The quantitative estimate of drug-likeness (QED) is 0.791. The van der Waals surface area contributed by atoms with Gasteiger partial charge in [-0.15, -0.1) is 0 Å². The monoisotopic (exact) mass is 232 g/mol. The van der Waals surface area contributed by atoms with Gasteiger partial charge in [-0.05, 0) is 24.5 Å². The zero-order valence-corrected chi connectivity index (χ0v) is 10.5. The van der Waals surface area contributed by atoms with Crippen LogP contribution in [0.4, 0.5) is 0 Å². The van der Waals surface area contributed by atoms with Gasteiger partial charge >= 0.3 is 0 Å². The minimum absolute atomic E-state index is 0.549. The summed E-state index contributed by atoms with van der Waals surface area (Å²) in [5.74, 6) is 2.05. The smallest absolute Gasteiger partial charge is 0.0814 e. The van der Waals surface area contributed by atoms with Crippen LogP contribution in [0, 0.1) is 18.8 Å². The molecule has 1 heterocycles. The van der Waals surface area contributed by atoms with Gasteiger partial charge in [0, 0.05) is 6.54 Å². The Bertz CT molecular complexity index is 296. The van der Waals surface area contributed by atoms with Gasteiger partial charge < -0.3 is 0 Å². The van der Waals surface area contributed by atoms with E-state index < -0.39 is 0 Å². The van der Waals surface area contributed by atoms with Gasteiger partial charge in [-0.3, -0.25) is 4.68 Å². The van der Waals surface area contributed by atoms with Crippen LogP contribution < -0.4 is 0 Å². The standard InChI is InChI=1S/C10H17ClN2S/c1-7(2)9(6-14)5-13-8(3)10(11)4-12-13/h4,7,9,14H,5-6H2,1-3H3. The molecule has 1 atom stereocenters. The lowest BCUT2D eigenvalue weighted by Crippen LogP contribution is -2.19. The molecule has 0 aromatic carbocycles. The van der Waals surface area contributed by atoms with Crippen LogP contribution in [-0.4, -0.2) is 15.5 Å². The number of halogens is 1. The zero-order chi connectivity index (χ0) is 10.7. The van der Waals surface area contributed by atoms with E-state index in [-0.39, 0.29) is 0 Å². The molecular formula is C10H17ClN2S. The maximum Gasteiger partial charge on any atom is 0.0814 e. The predicted octanol–water partition coefficient (Wildman–Crippen LogP) is 3.05. The summed E-state index contributed by atoms with van der Waals surface area (Å²) in [7, 11) is 0. The molecule has 2 nitrogen and oxygen atoms in total. The average Bonchev–Trinajstić information content (AvgIpc) is 2.44. The lowest BCUT2D eigenvalue weighted by molar-refractivity contribution is 0.352. The van der Waals surface area contributed by atoms with E-state index in [1.54, 1.807) is 6.20 Å². The fourth-order valence-electron chi connectivity index (χ4n) is 1.31. The predicted molar refractivity (Wildman–Crippen MR) is 64.2 cm³/mol. The van der Waals surface area contributed by atoms with Crippen LogP contribution in [0.2, 0.25) is 5.02 Å². The van der Waals surface area contributed by atoms with Crippen LogP contribution in [0.15, 0.2) is 6.20 Å². The molecule has 0 N–H and O–H groups in total. The van der Waals surface area contributed by atoms with Gasteiger partial charge in [-0.25, -0.2) is 0 Å². The molecule has 0 radical (unpaired) electrons. The number of aromatic nitrogens is 2. The van der Waals surface area contributed by atoms with E-state index in [0.717, 1.165) is 23.0 Å². The average molecular weight is 233 g/mol. The Hall–Kier alpha value is -0.150. The molecule has 1 aromatic heterocycles. The molecule has 0 spiro atoms. The Morgan fingerprint density at radius 1 is 1.57 bits per heavy atom. The molecule has 0 fully saturated rings. The van der Waals surface area contributed by atoms with E-state index in [1.807, 2.05) is 11.6 Å². The number of thiol groups is 1. The van der Waals surface area contributed by atoms with Gasteiger partial charge in [-0.1, -0.05) is 25.4 Å². The first-order chi connectivity index (χ1) is 6.56. The molecule has 1 rings (SSSR count). The van der Waals surface area contributed by atoms with Gasteiger partial charge in [0.25, 0.3) is 0 Å². The van der Waals surface area contributed by atoms with Crippen LogP contribution in [0.3, 0.4) is 0 Å². The second kappa shape index (κ2) is 5.08. The van der Waals surface area contributed by atoms with Gasteiger partial charge in [0.1, 0.15) is 0 Å². The highest BCUT2D eigenvalue weighted by molar-refractivity contribution is 7.80. The van der Waals surface area contributed by atoms with Gasteiger partial charge in [0.2, 0.25) is 0 Å². The SMILES string of the molecule is Cc1c(Cl)cnn1CC(CS)C(C)C. The molecule has 0 saturated heterocycles. The molecule has 80 valence electrons. The molecule has 0 aliphatic carbocycles. The van der Waals surface area contributed by atoms with Gasteiger partial charge in [0.05, 0.1) is 16.9 Å². The summed E-state index contributed by atoms with van der Waals surface area (Å²) in [6.07, 6.45) is 1.70. The Balaban J connectivity index is 2.72. The highest BCUT2D eigenvalue weighted by Crippen LogP contribution is 2.19. The highest BCUT2D eigenvalue weighted by Gasteiger charge is 2.14. The Morgan fingerprint density at radius 3 is 2.57 bits per heavy atom. The number of nitrogens with zero attached hydrogens (tertiary/aromatic N) is 2. The molecule has 0 amide bonds. The van der Waals surface area contributed by atoms with Crippen molar-refractivity contribution in [3.05, 3.63) is 16.9 Å². The summed E-state index contributed by atoms with van der Waals surface area (Å²) < 4.78 is 1.96. The summed E-state index contributed by atoms with van der Waals surface area (Å²) in [6, 6.07) is 0. The van der Waals surface area contributed by atoms with E-state index in [4.69, 9.17) is 11.6 Å². The largest absolute Gasteiger partial charge is 0.268 e. The fraction of sp³-hybridized carbons (Fsp3) is 0.700. The summed E-state index contributed by atoms with van der Waals surface area (Å²) >= 11 is 10.3. The summed E-state index contributed by atoms with van der Waals surface area (Å²) in [5.41, 5.74) is 1.04. The number of rotatable bonds is 4. The van der Waals surface area contributed by atoms with Crippen LogP contribution in [-0.2, 0) is 6.54 Å². The first-order valence-corrected chi connectivity index (χ1v) is 5.86. The van der Waals surface area contributed by atoms with E-state index >= 15 is 0 Å². The number of hydrogen-bond donors (Lipinski definition) is 1. The van der Waals surface area contributed by atoms with Crippen molar-refractivity contribution in [2.75, 3.05) is 5.75 Å². The summed E-state index contributed by atoms with van der Waals surface area (Å²) in [5, 5.41) is 4.98. The first kappa shape index (κ1) is 11.9. The Labute approximate surface area is 96.1 Å². The topological polar surface area (TPSA) is 17.8 Å². The van der Waals surface area contributed by atoms with Crippen molar-refractivity contribution >= 4 is 24.2 Å². The molecule has 14 heavy (non-hydrogen) atoms. The molecule has 1 aromatic rings. The molecule has 0 aliphatic heterocycles. The lowest BCUT2D eigenvalue weighted by atomic mass is 9.98. The van der Waals surface area contributed by atoms with E-state index in [1.165, 1.54) is 0 Å². The second-order valence-corrected chi connectivity index (χ2v) is 4.72. The molecular weight excluding hydrogens is 216 g/mol. The molecule has 0 aliphatic rings. The van der Waals surface area contributed by atoms with Crippen molar-refractivity contribution in [1.82, 2.24) is 9.78 Å². The minimum atomic E-state index is 0.549. The van der Waals surface area contributed by atoms with Crippen molar-refractivity contribution in [2.45, 2.75) is 27.3 Å². The second-order valence-electron chi connectivity index (χ2n) is 3.95. The zero-order valence-electron chi connectivity index (χ0n) is 8.87. The molecule has 4 heteroatoms. The lowest BCUT2D eigenvalue weighted by Gasteiger charge is -2.19. The van der Waals surface area contributed by atoms with Crippen LogP contribution >= 0.6 is 24.2 Å². The normalized spacial score (nSPS) is 13.6. The van der Waals surface area contributed by atoms with Gasteiger partial charge in [0.15, 0.2) is 0 Å². The number of hydrogen-bond acceptors (Lipinski definition) is 2.